The fourth-order valence-electron chi connectivity index (χ4n) is 2.17. The Balaban J connectivity index is 2.76. The molecule has 1 fully saturated rings. The van der Waals surface area contributed by atoms with E-state index in [1.54, 1.807) is 0 Å². The van der Waals surface area contributed by atoms with Crippen LogP contribution >= 0.6 is 0 Å². The maximum Gasteiger partial charge on any atom is 0.0732 e. The van der Waals surface area contributed by atoms with Crippen molar-refractivity contribution in [3.8, 4) is 0 Å². The Bertz CT molecular complexity index is 172. The Hall–Kier alpha value is -0.300. The molecule has 0 spiro atoms. The quantitative estimate of drug-likeness (QED) is 0.629. The number of hydrogen-bond donors (Lipinski definition) is 1. The molecule has 0 aromatic heterocycles. The van der Waals surface area contributed by atoms with Crippen LogP contribution in [0.15, 0.2) is 12.7 Å². The predicted molar refractivity (Wildman–Crippen MR) is 52.0 cm³/mol. The van der Waals surface area contributed by atoms with Gasteiger partial charge in [0.05, 0.1) is 5.60 Å². The molecule has 0 saturated heterocycles. The van der Waals surface area contributed by atoms with Crippen molar-refractivity contribution in [2.75, 3.05) is 0 Å². The van der Waals surface area contributed by atoms with Gasteiger partial charge in [-0.2, -0.15) is 0 Å². The van der Waals surface area contributed by atoms with Gasteiger partial charge < -0.3 is 5.11 Å². The van der Waals surface area contributed by atoms with Gasteiger partial charge in [-0.15, -0.1) is 6.58 Å². The fourth-order valence-corrected chi connectivity index (χ4v) is 2.17. The van der Waals surface area contributed by atoms with Crippen LogP contribution in [-0.4, -0.2) is 10.7 Å². The highest BCUT2D eigenvalue weighted by molar-refractivity contribution is 4.99. The molecule has 70 valence electrons. The molecule has 1 rings (SSSR count). The van der Waals surface area contributed by atoms with Crippen molar-refractivity contribution in [3.05, 3.63) is 12.7 Å². The Morgan fingerprint density at radius 2 is 1.92 bits per heavy atom. The summed E-state index contributed by atoms with van der Waals surface area (Å²) < 4.78 is 0. The molecule has 1 saturated carbocycles. The fraction of sp³-hybridized carbons (Fsp3) is 0.818. The summed E-state index contributed by atoms with van der Waals surface area (Å²) in [6.07, 6.45) is 7.07. The van der Waals surface area contributed by atoms with Crippen molar-refractivity contribution < 1.29 is 5.11 Å². The Morgan fingerprint density at radius 3 is 2.42 bits per heavy atom. The molecule has 0 aliphatic heterocycles. The second kappa shape index (κ2) is 3.21. The zero-order valence-electron chi connectivity index (χ0n) is 8.27. The molecule has 0 bridgehead atoms. The van der Waals surface area contributed by atoms with Gasteiger partial charge in [-0.25, -0.2) is 0 Å². The summed E-state index contributed by atoms with van der Waals surface area (Å²) in [7, 11) is 0. The zero-order chi connectivity index (χ0) is 9.24. The lowest BCUT2D eigenvalue weighted by molar-refractivity contribution is -0.0938. The molecule has 1 nitrogen and oxygen atoms in total. The molecule has 1 aliphatic carbocycles. The van der Waals surface area contributed by atoms with Gasteiger partial charge >= 0.3 is 0 Å². The Kier molecular flexibility index (Phi) is 2.62. The monoisotopic (exact) mass is 168 g/mol. The zero-order valence-corrected chi connectivity index (χ0v) is 8.27. The second-order valence-corrected chi connectivity index (χ2v) is 4.62. The third-order valence-corrected chi connectivity index (χ3v) is 3.38. The highest BCUT2D eigenvalue weighted by Crippen LogP contribution is 2.45. The molecular formula is C11H20O. The highest BCUT2D eigenvalue weighted by atomic mass is 16.3. The van der Waals surface area contributed by atoms with Crippen LogP contribution in [0.3, 0.4) is 0 Å². The van der Waals surface area contributed by atoms with Crippen LogP contribution in [-0.2, 0) is 0 Å². The average Bonchev–Trinajstić information content (AvgIpc) is 1.96. The van der Waals surface area contributed by atoms with Crippen molar-refractivity contribution in [1.82, 2.24) is 0 Å². The van der Waals surface area contributed by atoms with E-state index in [2.05, 4.69) is 20.4 Å². The van der Waals surface area contributed by atoms with Gasteiger partial charge in [-0.05, 0) is 24.7 Å². The minimum atomic E-state index is -0.493. The molecule has 0 aromatic rings. The van der Waals surface area contributed by atoms with E-state index in [9.17, 15) is 5.11 Å². The number of hydrogen-bond acceptors (Lipinski definition) is 1. The lowest BCUT2D eigenvalue weighted by Gasteiger charge is -2.46. The van der Waals surface area contributed by atoms with Crippen LogP contribution in [0.25, 0.3) is 0 Å². The van der Waals surface area contributed by atoms with E-state index in [4.69, 9.17) is 0 Å². The summed E-state index contributed by atoms with van der Waals surface area (Å²) >= 11 is 0. The van der Waals surface area contributed by atoms with Crippen LogP contribution in [0.1, 0.15) is 46.0 Å². The molecule has 0 aromatic carbocycles. The molecule has 0 heterocycles. The van der Waals surface area contributed by atoms with Crippen molar-refractivity contribution in [2.45, 2.75) is 51.6 Å². The summed E-state index contributed by atoms with van der Waals surface area (Å²) in [5.41, 5.74) is -0.424. The summed E-state index contributed by atoms with van der Waals surface area (Å²) in [6, 6.07) is 0. The standard InChI is InChI=1S/C11H20O/c1-4-7-11(12)9-6-5-8-10(11,2)3/h4,12H,1,5-9H2,2-3H3/t11-/m0/s1. The molecule has 0 radical (unpaired) electrons. The van der Waals surface area contributed by atoms with Gasteiger partial charge in [0, 0.05) is 0 Å². The van der Waals surface area contributed by atoms with Gasteiger partial charge in [0.15, 0.2) is 0 Å². The molecular weight excluding hydrogens is 148 g/mol. The third-order valence-electron chi connectivity index (χ3n) is 3.38. The molecule has 0 amide bonds. The van der Waals surface area contributed by atoms with E-state index in [1.165, 1.54) is 6.42 Å². The van der Waals surface area contributed by atoms with Crippen LogP contribution in [0.4, 0.5) is 0 Å². The van der Waals surface area contributed by atoms with Crippen LogP contribution in [0.5, 0.6) is 0 Å². The first-order valence-corrected chi connectivity index (χ1v) is 4.85. The van der Waals surface area contributed by atoms with Crippen LogP contribution < -0.4 is 0 Å². The summed E-state index contributed by atoms with van der Waals surface area (Å²) in [5, 5.41) is 10.3. The first-order valence-electron chi connectivity index (χ1n) is 4.85. The minimum absolute atomic E-state index is 0.0689. The first kappa shape index (κ1) is 9.79. The van der Waals surface area contributed by atoms with Gasteiger partial charge in [-0.3, -0.25) is 0 Å². The third kappa shape index (κ3) is 1.56. The minimum Gasteiger partial charge on any atom is -0.389 e. The summed E-state index contributed by atoms with van der Waals surface area (Å²) in [5.74, 6) is 0. The number of aliphatic hydroxyl groups is 1. The molecule has 12 heavy (non-hydrogen) atoms. The maximum absolute atomic E-state index is 10.3. The van der Waals surface area contributed by atoms with Crippen molar-refractivity contribution in [1.29, 1.82) is 0 Å². The smallest absolute Gasteiger partial charge is 0.0732 e. The average molecular weight is 168 g/mol. The van der Waals surface area contributed by atoms with Gasteiger partial charge in [0.25, 0.3) is 0 Å². The maximum atomic E-state index is 10.3. The molecule has 1 atom stereocenters. The van der Waals surface area contributed by atoms with E-state index >= 15 is 0 Å². The van der Waals surface area contributed by atoms with E-state index < -0.39 is 5.60 Å². The van der Waals surface area contributed by atoms with Gasteiger partial charge in [0.1, 0.15) is 0 Å². The van der Waals surface area contributed by atoms with Crippen LogP contribution in [0, 0.1) is 5.41 Å². The first-order chi connectivity index (χ1) is 5.52. The topological polar surface area (TPSA) is 20.2 Å². The molecule has 1 heteroatoms. The Labute approximate surface area is 75.5 Å². The summed E-state index contributed by atoms with van der Waals surface area (Å²) in [6.45, 7) is 8.03. The van der Waals surface area contributed by atoms with Crippen molar-refractivity contribution in [3.63, 3.8) is 0 Å². The van der Waals surface area contributed by atoms with Crippen LogP contribution in [0.2, 0.25) is 0 Å². The van der Waals surface area contributed by atoms with E-state index in [-0.39, 0.29) is 5.41 Å². The summed E-state index contributed by atoms with van der Waals surface area (Å²) in [4.78, 5) is 0. The van der Waals surface area contributed by atoms with E-state index in [0.29, 0.717) is 0 Å². The predicted octanol–water partition coefficient (Wildman–Crippen LogP) is 2.89. The van der Waals surface area contributed by atoms with E-state index in [1.807, 2.05) is 6.08 Å². The van der Waals surface area contributed by atoms with Crippen molar-refractivity contribution in [2.24, 2.45) is 5.41 Å². The van der Waals surface area contributed by atoms with Gasteiger partial charge in [-0.1, -0.05) is 32.8 Å². The lowest BCUT2D eigenvalue weighted by Crippen LogP contribution is -2.46. The number of rotatable bonds is 2. The molecule has 0 unspecified atom stereocenters. The SMILES string of the molecule is C=CC[C@]1(O)CCCCC1(C)C. The van der Waals surface area contributed by atoms with Crippen molar-refractivity contribution >= 4 is 0 Å². The van der Waals surface area contributed by atoms with E-state index in [0.717, 1.165) is 25.7 Å². The lowest BCUT2D eigenvalue weighted by atomic mass is 9.64. The van der Waals surface area contributed by atoms with Gasteiger partial charge in [0.2, 0.25) is 0 Å². The normalized spacial score (nSPS) is 34.6. The second-order valence-electron chi connectivity index (χ2n) is 4.62. The molecule has 1 N–H and O–H groups in total. The highest BCUT2D eigenvalue weighted by Gasteiger charge is 2.43. The largest absolute Gasteiger partial charge is 0.389 e. The Morgan fingerprint density at radius 1 is 1.33 bits per heavy atom. The molecule has 1 aliphatic rings.